The SMILES string of the molecule is CCC(C)CC(CC)NC(CC)c1ccccc1OC. The van der Waals surface area contributed by atoms with Gasteiger partial charge in [0.1, 0.15) is 5.75 Å². The van der Waals surface area contributed by atoms with Gasteiger partial charge < -0.3 is 10.1 Å². The maximum atomic E-state index is 5.51. The van der Waals surface area contributed by atoms with Crippen molar-refractivity contribution in [2.45, 2.75) is 65.5 Å². The Bertz CT molecular complexity index is 377. The van der Waals surface area contributed by atoms with Gasteiger partial charge in [-0.15, -0.1) is 0 Å². The molecule has 0 amide bonds. The van der Waals surface area contributed by atoms with Gasteiger partial charge in [0.2, 0.25) is 0 Å². The van der Waals surface area contributed by atoms with Crippen LogP contribution in [0.5, 0.6) is 5.75 Å². The van der Waals surface area contributed by atoms with Crippen LogP contribution < -0.4 is 10.1 Å². The average molecular weight is 277 g/mol. The number of ether oxygens (including phenoxy) is 1. The van der Waals surface area contributed by atoms with Gasteiger partial charge in [-0.05, 0) is 31.2 Å². The van der Waals surface area contributed by atoms with Gasteiger partial charge >= 0.3 is 0 Å². The first-order valence-electron chi connectivity index (χ1n) is 8.05. The molecule has 0 spiro atoms. The van der Waals surface area contributed by atoms with E-state index < -0.39 is 0 Å². The molecule has 0 saturated heterocycles. The third-order valence-corrected chi connectivity index (χ3v) is 4.24. The number of benzene rings is 1. The van der Waals surface area contributed by atoms with Crippen molar-refractivity contribution in [2.75, 3.05) is 7.11 Å². The minimum absolute atomic E-state index is 0.375. The van der Waals surface area contributed by atoms with Crippen molar-refractivity contribution in [1.29, 1.82) is 0 Å². The lowest BCUT2D eigenvalue weighted by molar-refractivity contribution is 0.337. The lowest BCUT2D eigenvalue weighted by atomic mass is 9.95. The Hall–Kier alpha value is -1.02. The van der Waals surface area contributed by atoms with Crippen LogP contribution in [-0.4, -0.2) is 13.2 Å². The first-order valence-corrected chi connectivity index (χ1v) is 8.05. The second kappa shape index (κ2) is 9.02. The number of hydrogen-bond acceptors (Lipinski definition) is 2. The molecule has 0 radical (unpaired) electrons. The third kappa shape index (κ3) is 4.82. The molecule has 2 heteroatoms. The second-order valence-corrected chi connectivity index (χ2v) is 5.72. The lowest BCUT2D eigenvalue weighted by Crippen LogP contribution is -2.33. The molecule has 3 unspecified atom stereocenters. The Balaban J connectivity index is 2.79. The third-order valence-electron chi connectivity index (χ3n) is 4.24. The molecular formula is C18H31NO. The molecule has 0 aliphatic rings. The van der Waals surface area contributed by atoms with Gasteiger partial charge in [-0.25, -0.2) is 0 Å². The zero-order valence-electron chi connectivity index (χ0n) is 13.8. The Morgan fingerprint density at radius 3 is 2.30 bits per heavy atom. The largest absolute Gasteiger partial charge is 0.496 e. The van der Waals surface area contributed by atoms with Crippen LogP contribution in [0.2, 0.25) is 0 Å². The average Bonchev–Trinajstić information content (AvgIpc) is 2.51. The fraction of sp³-hybridized carbons (Fsp3) is 0.667. The van der Waals surface area contributed by atoms with Gasteiger partial charge in [-0.3, -0.25) is 0 Å². The summed E-state index contributed by atoms with van der Waals surface area (Å²) in [6.45, 7) is 9.12. The van der Waals surface area contributed by atoms with Crippen molar-refractivity contribution in [3.63, 3.8) is 0 Å². The second-order valence-electron chi connectivity index (χ2n) is 5.72. The molecule has 20 heavy (non-hydrogen) atoms. The van der Waals surface area contributed by atoms with Crippen molar-refractivity contribution in [1.82, 2.24) is 5.32 Å². The summed E-state index contributed by atoms with van der Waals surface area (Å²) in [6, 6.07) is 9.31. The number of rotatable bonds is 9. The summed E-state index contributed by atoms with van der Waals surface area (Å²) in [7, 11) is 1.75. The highest BCUT2D eigenvalue weighted by Crippen LogP contribution is 2.28. The molecule has 0 aliphatic heterocycles. The standard InChI is InChI=1S/C18H31NO/c1-6-14(4)13-15(7-2)19-17(8-3)16-11-9-10-12-18(16)20-5/h9-12,14-15,17,19H,6-8,13H2,1-5H3. The van der Waals surface area contributed by atoms with Gasteiger partial charge in [0.15, 0.2) is 0 Å². The zero-order valence-corrected chi connectivity index (χ0v) is 13.8. The highest BCUT2D eigenvalue weighted by Gasteiger charge is 2.18. The molecule has 0 aromatic heterocycles. The van der Waals surface area contributed by atoms with Crippen molar-refractivity contribution >= 4 is 0 Å². The van der Waals surface area contributed by atoms with E-state index >= 15 is 0 Å². The predicted octanol–water partition coefficient (Wildman–Crippen LogP) is 4.95. The molecule has 0 aliphatic carbocycles. The van der Waals surface area contributed by atoms with Crippen LogP contribution in [0.1, 0.15) is 65.0 Å². The highest BCUT2D eigenvalue weighted by molar-refractivity contribution is 5.35. The van der Waals surface area contributed by atoms with Crippen molar-refractivity contribution in [3.05, 3.63) is 29.8 Å². The number of para-hydroxylation sites is 1. The smallest absolute Gasteiger partial charge is 0.123 e. The first kappa shape index (κ1) is 17.0. The Labute approximate surface area is 124 Å². The van der Waals surface area contributed by atoms with Crippen molar-refractivity contribution in [2.24, 2.45) is 5.92 Å². The van der Waals surface area contributed by atoms with E-state index in [9.17, 15) is 0 Å². The monoisotopic (exact) mass is 277 g/mol. The van der Waals surface area contributed by atoms with E-state index in [0.717, 1.165) is 18.1 Å². The van der Waals surface area contributed by atoms with Crippen LogP contribution in [0.3, 0.4) is 0 Å². The van der Waals surface area contributed by atoms with Gasteiger partial charge in [0.05, 0.1) is 7.11 Å². The summed E-state index contributed by atoms with van der Waals surface area (Å²) in [6.07, 6.45) is 4.76. The summed E-state index contributed by atoms with van der Waals surface area (Å²) in [5.41, 5.74) is 1.28. The molecule has 3 atom stereocenters. The fourth-order valence-corrected chi connectivity index (χ4v) is 2.67. The van der Waals surface area contributed by atoms with Crippen LogP contribution >= 0.6 is 0 Å². The summed E-state index contributed by atoms with van der Waals surface area (Å²) in [5, 5.41) is 3.83. The number of methoxy groups -OCH3 is 1. The van der Waals surface area contributed by atoms with E-state index in [1.165, 1.54) is 24.8 Å². The zero-order chi connectivity index (χ0) is 15.0. The number of nitrogens with one attached hydrogen (secondary N) is 1. The van der Waals surface area contributed by atoms with Gasteiger partial charge in [-0.1, -0.05) is 52.3 Å². The van der Waals surface area contributed by atoms with Gasteiger partial charge in [0.25, 0.3) is 0 Å². The van der Waals surface area contributed by atoms with Crippen molar-refractivity contribution in [3.8, 4) is 5.75 Å². The molecule has 1 rings (SSSR count). The van der Waals surface area contributed by atoms with E-state index in [-0.39, 0.29) is 0 Å². The summed E-state index contributed by atoms with van der Waals surface area (Å²) in [5.74, 6) is 1.77. The normalized spacial score (nSPS) is 15.7. The molecule has 0 fully saturated rings. The molecule has 0 saturated carbocycles. The Kier molecular flexibility index (Phi) is 7.68. The van der Waals surface area contributed by atoms with E-state index in [1.54, 1.807) is 7.11 Å². The van der Waals surface area contributed by atoms with E-state index in [0.29, 0.717) is 12.1 Å². The minimum Gasteiger partial charge on any atom is -0.496 e. The summed E-state index contributed by atoms with van der Waals surface area (Å²) < 4.78 is 5.51. The maximum Gasteiger partial charge on any atom is 0.123 e. The minimum atomic E-state index is 0.375. The van der Waals surface area contributed by atoms with E-state index in [2.05, 4.69) is 51.2 Å². The summed E-state index contributed by atoms with van der Waals surface area (Å²) >= 11 is 0. The van der Waals surface area contributed by atoms with Crippen molar-refractivity contribution < 1.29 is 4.74 Å². The Morgan fingerprint density at radius 2 is 1.75 bits per heavy atom. The fourth-order valence-electron chi connectivity index (χ4n) is 2.67. The molecular weight excluding hydrogens is 246 g/mol. The molecule has 2 nitrogen and oxygen atoms in total. The quantitative estimate of drug-likeness (QED) is 0.689. The van der Waals surface area contributed by atoms with Crippen LogP contribution in [0.25, 0.3) is 0 Å². The first-order chi connectivity index (χ1) is 9.65. The summed E-state index contributed by atoms with van der Waals surface area (Å²) in [4.78, 5) is 0. The van der Waals surface area contributed by atoms with Gasteiger partial charge in [-0.2, -0.15) is 0 Å². The van der Waals surface area contributed by atoms with E-state index in [1.807, 2.05) is 6.07 Å². The molecule has 1 aromatic rings. The molecule has 1 aromatic carbocycles. The van der Waals surface area contributed by atoms with Crippen LogP contribution in [0, 0.1) is 5.92 Å². The lowest BCUT2D eigenvalue weighted by Gasteiger charge is -2.27. The van der Waals surface area contributed by atoms with Crippen LogP contribution in [0.4, 0.5) is 0 Å². The molecule has 0 heterocycles. The Morgan fingerprint density at radius 1 is 1.05 bits per heavy atom. The van der Waals surface area contributed by atoms with Gasteiger partial charge in [0, 0.05) is 17.6 Å². The van der Waals surface area contributed by atoms with Crippen LogP contribution in [-0.2, 0) is 0 Å². The molecule has 1 N–H and O–H groups in total. The van der Waals surface area contributed by atoms with E-state index in [4.69, 9.17) is 4.74 Å². The topological polar surface area (TPSA) is 21.3 Å². The molecule has 114 valence electrons. The maximum absolute atomic E-state index is 5.51. The molecule has 0 bridgehead atoms. The van der Waals surface area contributed by atoms with Crippen LogP contribution in [0.15, 0.2) is 24.3 Å². The highest BCUT2D eigenvalue weighted by atomic mass is 16.5. The number of hydrogen-bond donors (Lipinski definition) is 1. The predicted molar refractivity (Wildman–Crippen MR) is 87.3 cm³/mol.